The fraction of sp³-hybridized carbons (Fsp3) is 0.308. The maximum absolute atomic E-state index is 5.48. The van der Waals surface area contributed by atoms with Crippen molar-refractivity contribution in [3.8, 4) is 0 Å². The van der Waals surface area contributed by atoms with Crippen molar-refractivity contribution < 1.29 is 4.42 Å². The second-order valence-corrected chi connectivity index (χ2v) is 5.03. The molecule has 3 aromatic rings. The topological polar surface area (TPSA) is 42.5 Å². The van der Waals surface area contributed by atoms with Gasteiger partial charge in [0.25, 0.3) is 0 Å². The maximum Gasteiger partial charge on any atom is 0.193 e. The first-order valence-electron chi connectivity index (χ1n) is 6.04. The Morgan fingerprint density at radius 2 is 2.50 bits per heavy atom. The average molecular weight is 261 g/mol. The van der Waals surface area contributed by atoms with E-state index in [-0.39, 0.29) is 6.04 Å². The van der Waals surface area contributed by atoms with Crippen molar-refractivity contribution in [2.75, 3.05) is 6.54 Å². The van der Waals surface area contributed by atoms with Crippen LogP contribution in [0.5, 0.6) is 0 Å². The number of thiazole rings is 1. The van der Waals surface area contributed by atoms with Crippen molar-refractivity contribution in [2.45, 2.75) is 19.4 Å². The quantitative estimate of drug-likeness (QED) is 0.768. The van der Waals surface area contributed by atoms with Gasteiger partial charge >= 0.3 is 0 Å². The van der Waals surface area contributed by atoms with Crippen LogP contribution in [0.2, 0.25) is 0 Å². The number of nitrogens with zero attached hydrogens (tertiary/aromatic N) is 2. The third kappa shape index (κ3) is 2.19. The third-order valence-electron chi connectivity index (χ3n) is 2.89. The van der Waals surface area contributed by atoms with E-state index in [9.17, 15) is 0 Å². The summed E-state index contributed by atoms with van der Waals surface area (Å²) in [6.45, 7) is 3.01. The zero-order chi connectivity index (χ0) is 12.4. The minimum Gasteiger partial charge on any atom is -0.468 e. The molecule has 94 valence electrons. The highest BCUT2D eigenvalue weighted by molar-refractivity contribution is 7.15. The minimum atomic E-state index is 0.189. The SMILES string of the molecule is CCNC(Cc1cn2ccsc2n1)c1ccco1. The highest BCUT2D eigenvalue weighted by Gasteiger charge is 2.15. The van der Waals surface area contributed by atoms with Gasteiger partial charge in [0.2, 0.25) is 0 Å². The summed E-state index contributed by atoms with van der Waals surface area (Å²) < 4.78 is 7.54. The highest BCUT2D eigenvalue weighted by atomic mass is 32.1. The van der Waals surface area contributed by atoms with Crippen molar-refractivity contribution >= 4 is 16.3 Å². The molecular formula is C13H15N3OS. The van der Waals surface area contributed by atoms with E-state index in [2.05, 4.69) is 27.8 Å². The third-order valence-corrected chi connectivity index (χ3v) is 3.66. The van der Waals surface area contributed by atoms with Gasteiger partial charge in [0.05, 0.1) is 18.0 Å². The fourth-order valence-corrected chi connectivity index (χ4v) is 2.81. The Balaban J connectivity index is 1.82. The lowest BCUT2D eigenvalue weighted by molar-refractivity contribution is 0.414. The van der Waals surface area contributed by atoms with Gasteiger partial charge < -0.3 is 9.73 Å². The van der Waals surface area contributed by atoms with Crippen molar-refractivity contribution in [3.63, 3.8) is 0 Å². The van der Waals surface area contributed by atoms with Gasteiger partial charge in [0, 0.05) is 24.2 Å². The van der Waals surface area contributed by atoms with Crippen LogP contribution < -0.4 is 5.32 Å². The Hall–Kier alpha value is -1.59. The van der Waals surface area contributed by atoms with Crippen LogP contribution in [-0.4, -0.2) is 15.9 Å². The molecular weight excluding hydrogens is 246 g/mol. The molecule has 0 aliphatic rings. The summed E-state index contributed by atoms with van der Waals surface area (Å²) in [4.78, 5) is 5.65. The normalized spacial score (nSPS) is 13.2. The number of likely N-dealkylation sites (N-methyl/N-ethyl adjacent to an activating group) is 1. The second kappa shape index (κ2) is 4.96. The lowest BCUT2D eigenvalue weighted by Gasteiger charge is -2.13. The summed E-state index contributed by atoms with van der Waals surface area (Å²) in [7, 11) is 0. The number of hydrogen-bond donors (Lipinski definition) is 1. The Bertz CT molecular complexity index is 583. The second-order valence-electron chi connectivity index (χ2n) is 4.15. The summed E-state index contributed by atoms with van der Waals surface area (Å²) in [5.74, 6) is 0.966. The molecule has 1 unspecified atom stereocenters. The molecule has 3 rings (SSSR count). The highest BCUT2D eigenvalue weighted by Crippen LogP contribution is 2.20. The monoisotopic (exact) mass is 261 g/mol. The van der Waals surface area contributed by atoms with E-state index in [1.54, 1.807) is 17.6 Å². The molecule has 0 aromatic carbocycles. The zero-order valence-corrected chi connectivity index (χ0v) is 11.0. The fourth-order valence-electron chi connectivity index (χ4n) is 2.09. The van der Waals surface area contributed by atoms with Gasteiger partial charge in [0.1, 0.15) is 5.76 Å². The van der Waals surface area contributed by atoms with Gasteiger partial charge in [-0.3, -0.25) is 4.40 Å². The summed E-state index contributed by atoms with van der Waals surface area (Å²) in [5, 5.41) is 5.47. The van der Waals surface area contributed by atoms with Crippen LogP contribution in [0.3, 0.4) is 0 Å². The molecule has 0 aliphatic carbocycles. The molecule has 0 bridgehead atoms. The van der Waals surface area contributed by atoms with Crippen LogP contribution in [-0.2, 0) is 6.42 Å². The Kier molecular flexibility index (Phi) is 3.17. The number of rotatable bonds is 5. The molecule has 0 saturated heterocycles. The number of hydrogen-bond acceptors (Lipinski definition) is 4. The molecule has 4 nitrogen and oxygen atoms in total. The van der Waals surface area contributed by atoms with E-state index in [0.717, 1.165) is 29.4 Å². The molecule has 18 heavy (non-hydrogen) atoms. The van der Waals surface area contributed by atoms with E-state index in [1.807, 2.05) is 23.7 Å². The van der Waals surface area contributed by atoms with Gasteiger partial charge in [-0.2, -0.15) is 0 Å². The average Bonchev–Trinajstić information content (AvgIpc) is 3.04. The largest absolute Gasteiger partial charge is 0.468 e. The first-order chi connectivity index (χ1) is 8.86. The van der Waals surface area contributed by atoms with Gasteiger partial charge in [0.15, 0.2) is 4.96 Å². The van der Waals surface area contributed by atoms with Gasteiger partial charge in [-0.25, -0.2) is 4.98 Å². The predicted molar refractivity (Wildman–Crippen MR) is 71.9 cm³/mol. The van der Waals surface area contributed by atoms with Gasteiger partial charge in [-0.15, -0.1) is 11.3 Å². The predicted octanol–water partition coefficient (Wildman–Crippen LogP) is 2.88. The van der Waals surface area contributed by atoms with Crippen LogP contribution in [0, 0.1) is 0 Å². The van der Waals surface area contributed by atoms with Crippen LogP contribution in [0.1, 0.15) is 24.4 Å². The van der Waals surface area contributed by atoms with Gasteiger partial charge in [-0.1, -0.05) is 6.92 Å². The van der Waals surface area contributed by atoms with Crippen molar-refractivity contribution in [2.24, 2.45) is 0 Å². The molecule has 1 atom stereocenters. The molecule has 3 heterocycles. The molecule has 5 heteroatoms. The maximum atomic E-state index is 5.48. The lowest BCUT2D eigenvalue weighted by atomic mass is 10.1. The van der Waals surface area contributed by atoms with E-state index in [4.69, 9.17) is 4.42 Å². The molecule has 3 aromatic heterocycles. The molecule has 0 amide bonds. The molecule has 0 saturated carbocycles. The zero-order valence-electron chi connectivity index (χ0n) is 10.2. The van der Waals surface area contributed by atoms with Crippen LogP contribution in [0.4, 0.5) is 0 Å². The van der Waals surface area contributed by atoms with E-state index >= 15 is 0 Å². The first-order valence-corrected chi connectivity index (χ1v) is 6.92. The van der Waals surface area contributed by atoms with Crippen LogP contribution in [0.25, 0.3) is 4.96 Å². The molecule has 0 fully saturated rings. The number of nitrogens with one attached hydrogen (secondary N) is 1. The smallest absolute Gasteiger partial charge is 0.193 e. The molecule has 0 radical (unpaired) electrons. The van der Waals surface area contributed by atoms with Crippen LogP contribution >= 0.6 is 11.3 Å². The van der Waals surface area contributed by atoms with Crippen molar-refractivity contribution in [3.05, 3.63) is 47.6 Å². The Morgan fingerprint density at radius 1 is 1.56 bits per heavy atom. The molecule has 1 N–H and O–H groups in total. The first kappa shape index (κ1) is 11.5. The van der Waals surface area contributed by atoms with Crippen molar-refractivity contribution in [1.29, 1.82) is 0 Å². The number of fused-ring (bicyclic) bond motifs is 1. The summed E-state index contributed by atoms with van der Waals surface area (Å²) in [6.07, 6.45) is 6.67. The minimum absolute atomic E-state index is 0.189. The summed E-state index contributed by atoms with van der Waals surface area (Å²) in [6, 6.07) is 4.12. The van der Waals surface area contributed by atoms with Crippen LogP contribution in [0.15, 0.2) is 40.6 Å². The molecule has 0 spiro atoms. The lowest BCUT2D eigenvalue weighted by Crippen LogP contribution is -2.22. The number of imidazole rings is 1. The van der Waals surface area contributed by atoms with Crippen molar-refractivity contribution in [1.82, 2.24) is 14.7 Å². The number of aromatic nitrogens is 2. The summed E-state index contributed by atoms with van der Waals surface area (Å²) >= 11 is 1.65. The van der Waals surface area contributed by atoms with Gasteiger partial charge in [-0.05, 0) is 18.7 Å². The van der Waals surface area contributed by atoms with E-state index in [1.165, 1.54) is 0 Å². The molecule has 0 aliphatic heterocycles. The Labute approximate surface area is 109 Å². The standard InChI is InChI=1S/C13H15N3OS/c1-2-14-11(12-4-3-6-17-12)8-10-9-16-5-7-18-13(16)15-10/h3-7,9,11,14H,2,8H2,1H3. The summed E-state index contributed by atoms with van der Waals surface area (Å²) in [5.41, 5.74) is 1.09. The van der Waals surface area contributed by atoms with E-state index in [0.29, 0.717) is 0 Å². The van der Waals surface area contributed by atoms with E-state index < -0.39 is 0 Å². The Morgan fingerprint density at radius 3 is 3.22 bits per heavy atom. The number of furan rings is 1.